The number of nitrogen functional groups attached to an aromatic ring is 1. The van der Waals surface area contributed by atoms with Gasteiger partial charge in [-0.3, -0.25) is 15.1 Å². The van der Waals surface area contributed by atoms with Crippen LogP contribution in [0.2, 0.25) is 0 Å². The average Bonchev–Trinajstić information content (AvgIpc) is 3.44. The summed E-state index contributed by atoms with van der Waals surface area (Å²) in [7, 11) is 0. The van der Waals surface area contributed by atoms with Crippen molar-refractivity contribution in [1.82, 2.24) is 19.9 Å². The van der Waals surface area contributed by atoms with Gasteiger partial charge in [0.15, 0.2) is 24.1 Å². The molecule has 15 heteroatoms. The summed E-state index contributed by atoms with van der Waals surface area (Å²) in [5.74, 6) is -0.925. The number of halogens is 4. The number of pyridine rings is 1. The van der Waals surface area contributed by atoms with E-state index in [1.54, 1.807) is 18.7 Å². The molecule has 0 unspecified atom stereocenters. The number of hydrogen-bond donors (Lipinski definition) is 2. The number of morpholine rings is 1. The number of ether oxygens (including phenoxy) is 2. The fraction of sp³-hybridized carbons (Fsp3) is 0.577. The van der Waals surface area contributed by atoms with Crippen molar-refractivity contribution in [1.29, 1.82) is 5.41 Å². The number of rotatable bonds is 4. The van der Waals surface area contributed by atoms with E-state index in [9.17, 15) is 18.0 Å². The van der Waals surface area contributed by atoms with Crippen LogP contribution in [0.5, 0.6) is 0 Å². The smallest absolute Gasteiger partial charge is 0.408 e. The number of likely N-dealkylation sites (tertiary alicyclic amines) is 1. The van der Waals surface area contributed by atoms with Gasteiger partial charge in [-0.05, 0) is 40.5 Å². The number of hydrogen-bond acceptors (Lipinski definition) is 9. The lowest BCUT2D eigenvalue weighted by Gasteiger charge is -2.36. The molecular weight excluding hydrogens is 548 g/mol. The predicted molar refractivity (Wildman–Crippen MR) is 141 cm³/mol. The number of aromatic nitrogens is 3. The zero-order chi connectivity index (χ0) is 29.9. The van der Waals surface area contributed by atoms with Gasteiger partial charge in [0.2, 0.25) is 5.91 Å². The molecule has 0 aliphatic carbocycles. The Labute approximate surface area is 234 Å². The summed E-state index contributed by atoms with van der Waals surface area (Å²) in [4.78, 5) is 30.3. The van der Waals surface area contributed by atoms with Gasteiger partial charge in [0, 0.05) is 25.7 Å². The lowest BCUT2D eigenvalue weighted by molar-refractivity contribution is -0.169. The highest BCUT2D eigenvalue weighted by atomic mass is 19.4. The Balaban J connectivity index is 1.42. The van der Waals surface area contributed by atoms with E-state index in [1.165, 1.54) is 17.2 Å². The molecule has 3 N–H and O–H groups in total. The van der Waals surface area contributed by atoms with E-state index in [0.29, 0.717) is 18.7 Å². The topological polar surface area (TPSA) is 134 Å². The van der Waals surface area contributed by atoms with Crippen molar-refractivity contribution in [3.8, 4) is 0 Å². The number of amides is 1. The first-order valence-electron chi connectivity index (χ1n) is 13.3. The molecule has 2 aromatic rings. The SMILES string of the molecule is C[C@@H]1CN(c2ncc(N3C(=O)C(C)(C)c4c(N)nc(COC(=N)N5CCC[C@@H]5C(F)(F)F)nc43)cc2F)C[C@H](C)O1. The van der Waals surface area contributed by atoms with E-state index >= 15 is 4.39 Å². The molecule has 3 atom stereocenters. The minimum atomic E-state index is -4.50. The van der Waals surface area contributed by atoms with Crippen LogP contribution < -0.4 is 15.5 Å². The summed E-state index contributed by atoms with van der Waals surface area (Å²) >= 11 is 0. The first-order valence-corrected chi connectivity index (χ1v) is 13.3. The normalized spacial score (nSPS) is 24.1. The molecule has 41 heavy (non-hydrogen) atoms. The van der Waals surface area contributed by atoms with Crippen LogP contribution >= 0.6 is 0 Å². The molecule has 0 bridgehead atoms. The van der Waals surface area contributed by atoms with E-state index in [0.717, 1.165) is 4.90 Å². The standard InChI is InChI=1S/C26H32F4N8O3/c1-13-10-36(11-14(2)41-13)21-16(27)8-15(9-33-21)38-22-19(25(3,4)23(38)39)20(31)34-18(35-22)12-40-24(32)37-7-5-6-17(37)26(28,29)30/h8-9,13-14,17,32H,5-7,10-12H2,1-4H3,(H2,31,34,35)/t13-,14+,17-/m1/s1. The summed E-state index contributed by atoms with van der Waals surface area (Å²) in [6.45, 7) is 7.54. The van der Waals surface area contributed by atoms with E-state index in [1.807, 2.05) is 13.8 Å². The first kappa shape index (κ1) is 28.8. The van der Waals surface area contributed by atoms with Gasteiger partial charge >= 0.3 is 6.18 Å². The summed E-state index contributed by atoms with van der Waals surface area (Å²) < 4.78 is 66.4. The van der Waals surface area contributed by atoms with Crippen molar-refractivity contribution < 1.29 is 31.8 Å². The van der Waals surface area contributed by atoms with E-state index < -0.39 is 42.0 Å². The fourth-order valence-electron chi connectivity index (χ4n) is 5.75. The summed E-state index contributed by atoms with van der Waals surface area (Å²) in [6.07, 6.45) is -3.20. The van der Waals surface area contributed by atoms with Crippen LogP contribution in [0, 0.1) is 11.2 Å². The lowest BCUT2D eigenvalue weighted by Crippen LogP contribution is -2.46. The number of fused-ring (bicyclic) bond motifs is 1. The maximum atomic E-state index is 15.4. The van der Waals surface area contributed by atoms with Gasteiger partial charge in [0.05, 0.1) is 35.1 Å². The summed E-state index contributed by atoms with van der Waals surface area (Å²) in [5.41, 5.74) is 5.51. The molecule has 0 spiro atoms. The Bertz CT molecular complexity index is 1360. The molecular formula is C26H32F4N8O3. The molecule has 3 aliphatic rings. The molecule has 11 nitrogen and oxygen atoms in total. The molecule has 0 aromatic carbocycles. The van der Waals surface area contributed by atoms with Gasteiger partial charge in [-0.1, -0.05) is 0 Å². The highest BCUT2D eigenvalue weighted by Gasteiger charge is 2.49. The second-order valence-corrected chi connectivity index (χ2v) is 11.1. The number of carbonyl (C=O) groups excluding carboxylic acids is 1. The Morgan fingerprint density at radius 1 is 1.22 bits per heavy atom. The number of nitrogens with zero attached hydrogens (tertiary/aromatic N) is 6. The molecule has 0 radical (unpaired) electrons. The Morgan fingerprint density at radius 2 is 1.90 bits per heavy atom. The first-order chi connectivity index (χ1) is 19.2. The van der Waals surface area contributed by atoms with Crippen LogP contribution in [0.3, 0.4) is 0 Å². The Kier molecular flexibility index (Phi) is 7.20. The van der Waals surface area contributed by atoms with Crippen molar-refractivity contribution >= 4 is 35.1 Å². The zero-order valence-electron chi connectivity index (χ0n) is 23.1. The summed E-state index contributed by atoms with van der Waals surface area (Å²) in [6, 6.07) is -1.26. The molecule has 1 amide bonds. The van der Waals surface area contributed by atoms with E-state index in [-0.39, 0.29) is 60.6 Å². The van der Waals surface area contributed by atoms with Gasteiger partial charge < -0.3 is 25.0 Å². The number of nitrogens with one attached hydrogen (secondary N) is 1. The number of alkyl halides is 3. The zero-order valence-corrected chi connectivity index (χ0v) is 23.1. The van der Waals surface area contributed by atoms with Gasteiger partial charge in [0.1, 0.15) is 17.7 Å². The van der Waals surface area contributed by atoms with Gasteiger partial charge in [-0.2, -0.15) is 13.2 Å². The second kappa shape index (κ2) is 10.3. The van der Waals surface area contributed by atoms with Crippen molar-refractivity contribution in [2.45, 2.75) is 77.0 Å². The molecule has 5 rings (SSSR count). The van der Waals surface area contributed by atoms with Crippen LogP contribution in [0.4, 0.5) is 40.7 Å². The Hall–Kier alpha value is -3.75. The van der Waals surface area contributed by atoms with E-state index in [2.05, 4.69) is 15.0 Å². The van der Waals surface area contributed by atoms with Gasteiger partial charge in [-0.15, -0.1) is 0 Å². The van der Waals surface area contributed by atoms with Crippen LogP contribution in [0.15, 0.2) is 12.3 Å². The number of anilines is 4. The molecule has 2 saturated heterocycles. The predicted octanol–water partition coefficient (Wildman–Crippen LogP) is 3.64. The molecule has 0 saturated carbocycles. The van der Waals surface area contributed by atoms with Crippen molar-refractivity contribution in [2.24, 2.45) is 0 Å². The van der Waals surface area contributed by atoms with Crippen LogP contribution in [0.1, 0.15) is 51.9 Å². The third kappa shape index (κ3) is 5.22. The number of nitrogens with two attached hydrogens (primary N) is 1. The highest BCUT2D eigenvalue weighted by molar-refractivity contribution is 6.12. The maximum absolute atomic E-state index is 15.4. The highest BCUT2D eigenvalue weighted by Crippen LogP contribution is 2.46. The van der Waals surface area contributed by atoms with Crippen molar-refractivity contribution in [3.05, 3.63) is 29.5 Å². The van der Waals surface area contributed by atoms with Crippen molar-refractivity contribution in [3.63, 3.8) is 0 Å². The number of amidine groups is 1. The van der Waals surface area contributed by atoms with E-state index in [4.69, 9.17) is 20.6 Å². The number of carbonyl (C=O) groups is 1. The largest absolute Gasteiger partial charge is 0.457 e. The third-order valence-corrected chi connectivity index (χ3v) is 7.55. The van der Waals surface area contributed by atoms with Gasteiger partial charge in [0.25, 0.3) is 6.02 Å². The van der Waals surface area contributed by atoms with Crippen LogP contribution in [0.25, 0.3) is 0 Å². The minimum Gasteiger partial charge on any atom is -0.457 e. The minimum absolute atomic E-state index is 0.0309. The molecule has 2 fully saturated rings. The molecule has 222 valence electrons. The quantitative estimate of drug-likeness (QED) is 0.316. The second-order valence-electron chi connectivity index (χ2n) is 11.1. The monoisotopic (exact) mass is 580 g/mol. The molecule has 5 heterocycles. The van der Waals surface area contributed by atoms with Crippen LogP contribution in [-0.2, 0) is 26.3 Å². The Morgan fingerprint density at radius 3 is 2.54 bits per heavy atom. The molecule has 2 aromatic heterocycles. The lowest BCUT2D eigenvalue weighted by atomic mass is 9.87. The average molecular weight is 581 g/mol. The summed E-state index contributed by atoms with van der Waals surface area (Å²) in [5, 5.41) is 8.07. The van der Waals surface area contributed by atoms with Crippen molar-refractivity contribution in [2.75, 3.05) is 35.2 Å². The van der Waals surface area contributed by atoms with Crippen LogP contribution in [-0.4, -0.2) is 75.8 Å². The fourth-order valence-corrected chi connectivity index (χ4v) is 5.75. The maximum Gasteiger partial charge on any atom is 0.408 e. The molecule has 3 aliphatic heterocycles. The third-order valence-electron chi connectivity index (χ3n) is 7.55. The van der Waals surface area contributed by atoms with Gasteiger partial charge in [-0.25, -0.2) is 19.3 Å².